The summed E-state index contributed by atoms with van der Waals surface area (Å²) in [6, 6.07) is 8.03. The number of hydrogen-bond donors (Lipinski definition) is 2. The minimum absolute atomic E-state index is 0.00451. The van der Waals surface area contributed by atoms with E-state index in [0.717, 1.165) is 18.2 Å². The molecule has 1 saturated heterocycles. The Bertz CT molecular complexity index is 1160. The summed E-state index contributed by atoms with van der Waals surface area (Å²) in [5.74, 6) is 1.10. The van der Waals surface area contributed by atoms with Gasteiger partial charge in [0.05, 0.1) is 30.4 Å². The van der Waals surface area contributed by atoms with Crippen molar-refractivity contribution in [1.82, 2.24) is 15.3 Å². The average Bonchev–Trinajstić information content (AvgIpc) is 2.82. The van der Waals surface area contributed by atoms with Crippen LogP contribution in [0.1, 0.15) is 26.2 Å². The summed E-state index contributed by atoms with van der Waals surface area (Å²) >= 11 is 5.92. The molecule has 1 aromatic heterocycles. The third-order valence-corrected chi connectivity index (χ3v) is 5.59. The van der Waals surface area contributed by atoms with Gasteiger partial charge in [0.2, 0.25) is 5.91 Å². The molecule has 0 spiro atoms. The van der Waals surface area contributed by atoms with Gasteiger partial charge in [-0.2, -0.15) is 0 Å². The molecule has 34 heavy (non-hydrogen) atoms. The molecule has 0 aliphatic carbocycles. The first-order chi connectivity index (χ1) is 16.5. The number of carbonyl (C=O) groups is 1. The van der Waals surface area contributed by atoms with Gasteiger partial charge in [-0.3, -0.25) is 4.79 Å². The molecule has 0 unspecified atom stereocenters. The van der Waals surface area contributed by atoms with Gasteiger partial charge in [-0.15, -0.1) is 0 Å². The molecular weight excluding hydrogens is 463 g/mol. The SMILES string of the molecule is CC(=O)NCCCOc1cc2ncnc(Nc3ccc(F)c(Cl)c3)c2cc1OC1CCOCC1. The third kappa shape index (κ3) is 6.24. The van der Waals surface area contributed by atoms with Crippen LogP contribution in [-0.2, 0) is 9.53 Å². The molecule has 4 rings (SSSR count). The van der Waals surface area contributed by atoms with Crippen molar-refractivity contribution in [1.29, 1.82) is 0 Å². The number of nitrogens with zero attached hydrogens (tertiary/aromatic N) is 2. The lowest BCUT2D eigenvalue weighted by molar-refractivity contribution is -0.118. The van der Waals surface area contributed by atoms with Gasteiger partial charge in [-0.05, 0) is 30.7 Å². The fourth-order valence-corrected chi connectivity index (χ4v) is 3.75. The number of fused-ring (bicyclic) bond motifs is 1. The van der Waals surface area contributed by atoms with Crippen LogP contribution in [0.4, 0.5) is 15.9 Å². The molecule has 180 valence electrons. The largest absolute Gasteiger partial charge is 0.490 e. The number of carbonyl (C=O) groups excluding carboxylic acids is 1. The number of ether oxygens (including phenoxy) is 3. The molecule has 10 heteroatoms. The van der Waals surface area contributed by atoms with Crippen molar-refractivity contribution in [3.8, 4) is 11.5 Å². The van der Waals surface area contributed by atoms with E-state index in [4.69, 9.17) is 25.8 Å². The summed E-state index contributed by atoms with van der Waals surface area (Å²) in [6.45, 7) is 3.70. The molecule has 0 bridgehead atoms. The average molecular weight is 489 g/mol. The van der Waals surface area contributed by atoms with Gasteiger partial charge >= 0.3 is 0 Å². The topological polar surface area (TPSA) is 94.6 Å². The van der Waals surface area contributed by atoms with Crippen LogP contribution >= 0.6 is 11.6 Å². The Morgan fingerprint density at radius 3 is 2.79 bits per heavy atom. The highest BCUT2D eigenvalue weighted by atomic mass is 35.5. The molecule has 1 amide bonds. The van der Waals surface area contributed by atoms with Crippen LogP contribution in [0.5, 0.6) is 11.5 Å². The van der Waals surface area contributed by atoms with E-state index >= 15 is 0 Å². The van der Waals surface area contributed by atoms with Gasteiger partial charge in [-0.1, -0.05) is 11.6 Å². The number of hydrogen-bond acceptors (Lipinski definition) is 7. The molecule has 3 aromatic rings. The molecule has 2 aromatic carbocycles. The number of nitrogens with one attached hydrogen (secondary N) is 2. The Kier molecular flexibility index (Phi) is 7.97. The summed E-state index contributed by atoms with van der Waals surface area (Å²) in [6.07, 6.45) is 3.66. The fourth-order valence-electron chi connectivity index (χ4n) is 3.57. The van der Waals surface area contributed by atoms with Crippen molar-refractivity contribution < 1.29 is 23.4 Å². The van der Waals surface area contributed by atoms with Gasteiger partial charge in [0.1, 0.15) is 24.1 Å². The fraction of sp³-hybridized carbons (Fsp3) is 0.375. The maximum absolute atomic E-state index is 13.6. The van der Waals surface area contributed by atoms with Crippen LogP contribution < -0.4 is 20.1 Å². The number of benzene rings is 2. The monoisotopic (exact) mass is 488 g/mol. The third-order valence-electron chi connectivity index (χ3n) is 5.30. The summed E-state index contributed by atoms with van der Waals surface area (Å²) in [5, 5.41) is 6.66. The first kappa shape index (κ1) is 24.0. The van der Waals surface area contributed by atoms with E-state index in [9.17, 15) is 9.18 Å². The van der Waals surface area contributed by atoms with Crippen molar-refractivity contribution in [3.63, 3.8) is 0 Å². The predicted octanol–water partition coefficient (Wildman–Crippen LogP) is 4.63. The van der Waals surface area contributed by atoms with Crippen LogP contribution in [0, 0.1) is 5.82 Å². The maximum atomic E-state index is 13.6. The van der Waals surface area contributed by atoms with Crippen LogP contribution in [-0.4, -0.2) is 48.3 Å². The van der Waals surface area contributed by atoms with Crippen molar-refractivity contribution in [3.05, 3.63) is 47.5 Å². The Hall–Kier alpha value is -3.17. The van der Waals surface area contributed by atoms with E-state index in [-0.39, 0.29) is 17.0 Å². The van der Waals surface area contributed by atoms with E-state index < -0.39 is 5.82 Å². The molecule has 0 atom stereocenters. The van der Waals surface area contributed by atoms with E-state index in [1.807, 2.05) is 12.1 Å². The van der Waals surface area contributed by atoms with Crippen LogP contribution in [0.25, 0.3) is 10.9 Å². The Morgan fingerprint density at radius 2 is 2.03 bits per heavy atom. The summed E-state index contributed by atoms with van der Waals surface area (Å²) in [4.78, 5) is 19.8. The van der Waals surface area contributed by atoms with E-state index in [1.54, 1.807) is 6.07 Å². The van der Waals surface area contributed by atoms with Crippen molar-refractivity contribution in [2.24, 2.45) is 0 Å². The Balaban J connectivity index is 1.61. The van der Waals surface area contributed by atoms with Crippen LogP contribution in [0.2, 0.25) is 5.02 Å². The number of amides is 1. The number of halogens is 2. The molecule has 1 fully saturated rings. The Morgan fingerprint density at radius 1 is 1.21 bits per heavy atom. The van der Waals surface area contributed by atoms with Crippen molar-refractivity contribution in [2.75, 3.05) is 31.7 Å². The minimum Gasteiger partial charge on any atom is -0.490 e. The zero-order chi connectivity index (χ0) is 23.9. The molecule has 8 nitrogen and oxygen atoms in total. The standard InChI is InChI=1S/C24H26ClFN4O4/c1-15(31)27-7-2-8-33-22-13-21-18(12-23(22)34-17-5-9-32-10-6-17)24(29-14-28-21)30-16-3-4-20(26)19(25)11-16/h3-4,11-14,17H,2,5-10H2,1H3,(H,27,31)(H,28,29,30). The molecule has 1 aliphatic heterocycles. The highest BCUT2D eigenvalue weighted by molar-refractivity contribution is 6.31. The molecule has 2 heterocycles. The van der Waals surface area contributed by atoms with Gasteiger partial charge in [0, 0.05) is 43.5 Å². The lowest BCUT2D eigenvalue weighted by atomic mass is 10.1. The summed E-state index contributed by atoms with van der Waals surface area (Å²) < 4.78 is 31.3. The van der Waals surface area contributed by atoms with Gasteiger partial charge in [0.15, 0.2) is 11.5 Å². The van der Waals surface area contributed by atoms with E-state index in [0.29, 0.717) is 61.3 Å². The highest BCUT2D eigenvalue weighted by Gasteiger charge is 2.19. The zero-order valence-corrected chi connectivity index (χ0v) is 19.5. The second kappa shape index (κ2) is 11.3. The second-order valence-electron chi connectivity index (χ2n) is 7.91. The predicted molar refractivity (Wildman–Crippen MR) is 127 cm³/mol. The molecule has 0 saturated carbocycles. The zero-order valence-electron chi connectivity index (χ0n) is 18.8. The molecular formula is C24H26ClFN4O4. The quantitative estimate of drug-likeness (QED) is 0.424. The maximum Gasteiger partial charge on any atom is 0.216 e. The van der Waals surface area contributed by atoms with Gasteiger partial charge < -0.3 is 24.8 Å². The second-order valence-corrected chi connectivity index (χ2v) is 8.31. The Labute approximate surface area is 201 Å². The summed E-state index contributed by atoms with van der Waals surface area (Å²) in [7, 11) is 0. The summed E-state index contributed by atoms with van der Waals surface area (Å²) in [5.41, 5.74) is 1.25. The lowest BCUT2D eigenvalue weighted by Crippen LogP contribution is -2.26. The minimum atomic E-state index is -0.493. The number of aromatic nitrogens is 2. The lowest BCUT2D eigenvalue weighted by Gasteiger charge is -2.25. The molecule has 1 aliphatic rings. The number of rotatable bonds is 9. The smallest absolute Gasteiger partial charge is 0.216 e. The van der Waals surface area contributed by atoms with Crippen molar-refractivity contribution in [2.45, 2.75) is 32.3 Å². The van der Waals surface area contributed by atoms with Gasteiger partial charge in [-0.25, -0.2) is 14.4 Å². The van der Waals surface area contributed by atoms with E-state index in [1.165, 1.54) is 25.4 Å². The van der Waals surface area contributed by atoms with Gasteiger partial charge in [0.25, 0.3) is 0 Å². The van der Waals surface area contributed by atoms with Crippen LogP contribution in [0.3, 0.4) is 0 Å². The first-order valence-electron chi connectivity index (χ1n) is 11.1. The van der Waals surface area contributed by atoms with Crippen LogP contribution in [0.15, 0.2) is 36.7 Å². The highest BCUT2D eigenvalue weighted by Crippen LogP contribution is 2.36. The van der Waals surface area contributed by atoms with E-state index in [2.05, 4.69) is 20.6 Å². The van der Waals surface area contributed by atoms with Crippen molar-refractivity contribution >= 4 is 39.9 Å². The first-order valence-corrected chi connectivity index (χ1v) is 11.5. The molecule has 2 N–H and O–H groups in total. The molecule has 0 radical (unpaired) electrons. The normalized spacial score (nSPS) is 14.1. The number of anilines is 2.